The summed E-state index contributed by atoms with van der Waals surface area (Å²) >= 11 is 5.29. The van der Waals surface area contributed by atoms with Gasteiger partial charge in [-0.25, -0.2) is 4.39 Å². The molecule has 0 spiro atoms. The van der Waals surface area contributed by atoms with E-state index in [1.165, 1.54) is 18.2 Å². The topological polar surface area (TPSA) is 96.0 Å². The lowest BCUT2D eigenvalue weighted by molar-refractivity contribution is -0.121. The number of amides is 2. The first-order chi connectivity index (χ1) is 15.5. The van der Waals surface area contributed by atoms with Gasteiger partial charge in [-0.3, -0.25) is 19.0 Å². The second-order valence-electron chi connectivity index (χ2n) is 7.33. The normalized spacial score (nSPS) is 10.8. The summed E-state index contributed by atoms with van der Waals surface area (Å²) in [5, 5.41) is 5.90. The van der Waals surface area contributed by atoms with Crippen molar-refractivity contribution in [2.24, 2.45) is 0 Å². The van der Waals surface area contributed by atoms with Crippen molar-refractivity contribution in [2.45, 2.75) is 32.2 Å². The predicted molar refractivity (Wildman–Crippen MR) is 124 cm³/mol. The highest BCUT2D eigenvalue weighted by atomic mass is 32.1. The van der Waals surface area contributed by atoms with E-state index in [-0.39, 0.29) is 30.1 Å². The number of aromatic nitrogens is 2. The van der Waals surface area contributed by atoms with Gasteiger partial charge in [-0.1, -0.05) is 30.7 Å². The molecule has 0 unspecified atom stereocenters. The van der Waals surface area contributed by atoms with Gasteiger partial charge in [0.15, 0.2) is 4.77 Å². The van der Waals surface area contributed by atoms with Crippen LogP contribution < -0.4 is 16.2 Å². The molecule has 3 rings (SSSR count). The molecule has 0 fully saturated rings. The molecular formula is C23H25FN4O3S. The number of nitrogens with zero attached hydrogens (tertiary/aromatic N) is 1. The largest absolute Gasteiger partial charge is 0.354 e. The molecule has 7 nitrogen and oxygen atoms in total. The maximum atomic E-state index is 13.5. The quantitative estimate of drug-likeness (QED) is 0.322. The van der Waals surface area contributed by atoms with Crippen molar-refractivity contribution in [3.8, 4) is 0 Å². The van der Waals surface area contributed by atoms with Gasteiger partial charge >= 0.3 is 0 Å². The highest BCUT2D eigenvalue weighted by molar-refractivity contribution is 7.71. The van der Waals surface area contributed by atoms with Crippen LogP contribution >= 0.6 is 12.2 Å². The van der Waals surface area contributed by atoms with Crippen LogP contribution in [0.3, 0.4) is 0 Å². The smallest absolute Gasteiger partial charge is 0.262 e. The molecule has 2 amide bonds. The molecular weight excluding hydrogens is 431 g/mol. The molecule has 0 radical (unpaired) electrons. The van der Waals surface area contributed by atoms with Gasteiger partial charge in [0.25, 0.3) is 11.5 Å². The number of unbranched alkanes of at least 4 members (excludes halogenated alkanes) is 2. The van der Waals surface area contributed by atoms with Gasteiger partial charge in [-0.05, 0) is 49.3 Å². The van der Waals surface area contributed by atoms with Crippen LogP contribution in [0.15, 0.2) is 53.3 Å². The molecule has 1 heterocycles. The van der Waals surface area contributed by atoms with Gasteiger partial charge in [0.2, 0.25) is 5.91 Å². The van der Waals surface area contributed by atoms with Gasteiger partial charge in [0, 0.05) is 26.1 Å². The number of halogens is 1. The van der Waals surface area contributed by atoms with Gasteiger partial charge < -0.3 is 15.6 Å². The minimum Gasteiger partial charge on any atom is -0.354 e. The molecule has 3 aromatic rings. The Kier molecular flexibility index (Phi) is 8.27. The van der Waals surface area contributed by atoms with Crippen molar-refractivity contribution in [2.75, 3.05) is 13.1 Å². The first-order valence-corrected chi connectivity index (χ1v) is 10.9. The third-order valence-electron chi connectivity index (χ3n) is 5.03. The third kappa shape index (κ3) is 6.10. The van der Waals surface area contributed by atoms with E-state index in [1.54, 1.807) is 16.7 Å². The Morgan fingerprint density at radius 2 is 1.69 bits per heavy atom. The number of aromatic amines is 1. The molecule has 2 aromatic carbocycles. The third-order valence-corrected chi connectivity index (χ3v) is 5.35. The molecule has 1 aromatic heterocycles. The number of carbonyl (C=O) groups is 2. The van der Waals surface area contributed by atoms with Crippen LogP contribution in [-0.4, -0.2) is 34.5 Å². The Labute approximate surface area is 189 Å². The fourth-order valence-electron chi connectivity index (χ4n) is 3.34. The van der Waals surface area contributed by atoms with Crippen molar-refractivity contribution in [1.29, 1.82) is 0 Å². The van der Waals surface area contributed by atoms with Crippen LogP contribution in [0, 0.1) is 10.6 Å². The van der Waals surface area contributed by atoms with Gasteiger partial charge in [0.05, 0.1) is 16.5 Å². The van der Waals surface area contributed by atoms with Crippen LogP contribution in [0.5, 0.6) is 0 Å². The summed E-state index contributed by atoms with van der Waals surface area (Å²) in [5.41, 5.74) is 0.587. The van der Waals surface area contributed by atoms with Crippen molar-refractivity contribution in [3.63, 3.8) is 0 Å². The zero-order chi connectivity index (χ0) is 22.9. The standard InChI is InChI=1S/C23H25FN4O3S/c24-18-10-5-3-8-16(18)21(30)26-14-13-25-20(29)12-2-1-7-15-28-22(31)17-9-4-6-11-19(17)27-23(28)32/h3-6,8-11H,1-2,7,12-15H2,(H,25,29)(H,26,30)(H,27,32). The monoisotopic (exact) mass is 456 g/mol. The van der Waals surface area contributed by atoms with Crippen molar-refractivity contribution in [1.82, 2.24) is 20.2 Å². The van der Waals surface area contributed by atoms with Crippen LogP contribution in [0.4, 0.5) is 4.39 Å². The number of nitrogens with one attached hydrogen (secondary N) is 3. The molecule has 3 N–H and O–H groups in total. The Morgan fingerprint density at radius 3 is 2.50 bits per heavy atom. The van der Waals surface area contributed by atoms with Crippen LogP contribution in [-0.2, 0) is 11.3 Å². The SMILES string of the molecule is O=C(CCCCCn1c(=S)[nH]c2ccccc2c1=O)NCCNC(=O)c1ccccc1F. The molecule has 0 saturated heterocycles. The van der Waals surface area contributed by atoms with E-state index in [9.17, 15) is 18.8 Å². The number of hydrogen-bond donors (Lipinski definition) is 3. The summed E-state index contributed by atoms with van der Waals surface area (Å²) in [6.07, 6.45) is 2.51. The number of carbonyl (C=O) groups excluding carboxylic acids is 2. The maximum Gasteiger partial charge on any atom is 0.262 e. The minimum absolute atomic E-state index is 0.0239. The van der Waals surface area contributed by atoms with E-state index in [1.807, 2.05) is 18.2 Å². The van der Waals surface area contributed by atoms with Gasteiger partial charge in [-0.2, -0.15) is 0 Å². The predicted octanol–water partition coefficient (Wildman–Crippen LogP) is 3.30. The molecule has 0 saturated carbocycles. The van der Waals surface area contributed by atoms with E-state index >= 15 is 0 Å². The number of fused-ring (bicyclic) bond motifs is 1. The van der Waals surface area contributed by atoms with Crippen molar-refractivity contribution < 1.29 is 14.0 Å². The number of para-hydroxylation sites is 1. The van der Waals surface area contributed by atoms with Crippen LogP contribution in [0.1, 0.15) is 36.0 Å². The van der Waals surface area contributed by atoms with E-state index in [0.717, 1.165) is 18.4 Å². The summed E-state index contributed by atoms with van der Waals surface area (Å²) in [6, 6.07) is 13.0. The molecule has 32 heavy (non-hydrogen) atoms. The fraction of sp³-hybridized carbons (Fsp3) is 0.304. The van der Waals surface area contributed by atoms with Crippen LogP contribution in [0.25, 0.3) is 10.9 Å². The summed E-state index contributed by atoms with van der Waals surface area (Å²) < 4.78 is 15.5. The maximum absolute atomic E-state index is 13.5. The van der Waals surface area contributed by atoms with Crippen molar-refractivity contribution >= 4 is 34.9 Å². The molecule has 0 atom stereocenters. The Bertz CT molecular complexity index is 1220. The molecule has 168 valence electrons. The molecule has 0 aliphatic heterocycles. The highest BCUT2D eigenvalue weighted by Crippen LogP contribution is 2.08. The van der Waals surface area contributed by atoms with E-state index in [4.69, 9.17) is 12.2 Å². The lowest BCUT2D eigenvalue weighted by Gasteiger charge is -2.09. The van der Waals surface area contributed by atoms with Crippen molar-refractivity contribution in [3.05, 3.63) is 75.0 Å². The fourth-order valence-corrected chi connectivity index (χ4v) is 3.63. The summed E-state index contributed by atoms with van der Waals surface area (Å²) in [4.78, 5) is 39.5. The Balaban J connectivity index is 1.33. The number of benzene rings is 2. The lowest BCUT2D eigenvalue weighted by Crippen LogP contribution is -2.34. The summed E-state index contributed by atoms with van der Waals surface area (Å²) in [5.74, 6) is -1.22. The minimum atomic E-state index is -0.582. The average Bonchev–Trinajstić information content (AvgIpc) is 2.78. The van der Waals surface area contributed by atoms with Gasteiger partial charge in [-0.15, -0.1) is 0 Å². The lowest BCUT2D eigenvalue weighted by atomic mass is 10.2. The second kappa shape index (κ2) is 11.3. The summed E-state index contributed by atoms with van der Waals surface area (Å²) in [7, 11) is 0. The highest BCUT2D eigenvalue weighted by Gasteiger charge is 2.10. The van der Waals surface area contributed by atoms with Gasteiger partial charge in [0.1, 0.15) is 5.82 Å². The Hall–Kier alpha value is -3.33. The van der Waals surface area contributed by atoms with E-state index < -0.39 is 11.7 Å². The second-order valence-corrected chi connectivity index (χ2v) is 7.72. The number of hydrogen-bond acceptors (Lipinski definition) is 4. The average molecular weight is 457 g/mol. The molecule has 0 bridgehead atoms. The zero-order valence-corrected chi connectivity index (χ0v) is 18.3. The molecule has 9 heteroatoms. The first kappa shape index (κ1) is 23.3. The molecule has 0 aliphatic carbocycles. The number of rotatable bonds is 10. The van der Waals surface area contributed by atoms with E-state index in [0.29, 0.717) is 29.5 Å². The summed E-state index contributed by atoms with van der Waals surface area (Å²) in [6.45, 7) is 0.964. The van der Waals surface area contributed by atoms with E-state index in [2.05, 4.69) is 15.6 Å². The first-order valence-electron chi connectivity index (χ1n) is 10.5. The Morgan fingerprint density at radius 1 is 0.969 bits per heavy atom. The number of H-pyrrole nitrogens is 1. The zero-order valence-electron chi connectivity index (χ0n) is 17.5. The molecule has 0 aliphatic rings. The van der Waals surface area contributed by atoms with Crippen LogP contribution in [0.2, 0.25) is 0 Å².